The second-order valence-corrected chi connectivity index (χ2v) is 4.27. The number of nitro benzene ring substituents is 1. The van der Waals surface area contributed by atoms with Gasteiger partial charge >= 0.3 is 0 Å². The second kappa shape index (κ2) is 5.47. The molecule has 0 spiro atoms. The van der Waals surface area contributed by atoms with Crippen molar-refractivity contribution in [2.24, 2.45) is 0 Å². The Morgan fingerprint density at radius 1 is 1.44 bits per heavy atom. The fourth-order valence-electron chi connectivity index (χ4n) is 2.08. The monoisotopic (exact) mass is 246 g/mol. The zero-order chi connectivity index (χ0) is 13.0. The van der Waals surface area contributed by atoms with Crippen molar-refractivity contribution in [2.45, 2.75) is 18.9 Å². The Hall–Kier alpha value is -2.13. The van der Waals surface area contributed by atoms with Crippen LogP contribution < -0.4 is 10.6 Å². The van der Waals surface area contributed by atoms with Gasteiger partial charge < -0.3 is 10.6 Å². The summed E-state index contributed by atoms with van der Waals surface area (Å²) in [6, 6.07) is 6.79. The zero-order valence-electron chi connectivity index (χ0n) is 9.85. The van der Waals surface area contributed by atoms with Crippen LogP contribution in [0.1, 0.15) is 18.4 Å². The van der Waals surface area contributed by atoms with Gasteiger partial charge in [0.05, 0.1) is 4.92 Å². The molecule has 1 aliphatic heterocycles. The molecule has 0 bridgehead atoms. The van der Waals surface area contributed by atoms with Crippen LogP contribution in [-0.4, -0.2) is 24.1 Å². The molecule has 0 saturated carbocycles. The Balaban J connectivity index is 2.14. The predicted molar refractivity (Wildman–Crippen MR) is 67.3 cm³/mol. The fourth-order valence-corrected chi connectivity index (χ4v) is 2.08. The van der Waals surface area contributed by atoms with Crippen molar-refractivity contribution >= 4 is 11.4 Å². The highest BCUT2D eigenvalue weighted by molar-refractivity contribution is 5.59. The molecule has 1 aliphatic rings. The van der Waals surface area contributed by atoms with Gasteiger partial charge in [0.25, 0.3) is 5.69 Å². The van der Waals surface area contributed by atoms with Gasteiger partial charge in [-0.05, 0) is 38.1 Å². The van der Waals surface area contributed by atoms with Crippen LogP contribution in [-0.2, 0) is 0 Å². The molecule has 1 saturated heterocycles. The van der Waals surface area contributed by atoms with Crippen molar-refractivity contribution < 1.29 is 4.92 Å². The van der Waals surface area contributed by atoms with E-state index < -0.39 is 4.92 Å². The summed E-state index contributed by atoms with van der Waals surface area (Å²) in [5.74, 6) is 0. The first-order valence-electron chi connectivity index (χ1n) is 5.86. The minimum atomic E-state index is -0.535. The summed E-state index contributed by atoms with van der Waals surface area (Å²) in [5, 5.41) is 26.2. The van der Waals surface area contributed by atoms with Crippen LogP contribution in [0.3, 0.4) is 0 Å². The van der Waals surface area contributed by atoms with Gasteiger partial charge in [0.2, 0.25) is 0 Å². The van der Waals surface area contributed by atoms with E-state index in [0.29, 0.717) is 6.04 Å². The lowest BCUT2D eigenvalue weighted by Gasteiger charge is -2.24. The van der Waals surface area contributed by atoms with E-state index in [1.807, 2.05) is 6.07 Å². The van der Waals surface area contributed by atoms with Crippen molar-refractivity contribution in [1.82, 2.24) is 5.32 Å². The number of benzene rings is 1. The fraction of sp³-hybridized carbons (Fsp3) is 0.417. The average Bonchev–Trinajstić information content (AvgIpc) is 2.39. The number of rotatable bonds is 3. The molecule has 94 valence electrons. The molecule has 0 radical (unpaired) electrons. The molecule has 1 aromatic carbocycles. The number of piperidine rings is 1. The molecule has 0 unspecified atom stereocenters. The zero-order valence-corrected chi connectivity index (χ0v) is 9.85. The first kappa shape index (κ1) is 12.3. The van der Waals surface area contributed by atoms with Gasteiger partial charge in [0.15, 0.2) is 0 Å². The normalized spacial score (nSPS) is 15.9. The van der Waals surface area contributed by atoms with Crippen LogP contribution in [0.2, 0.25) is 0 Å². The van der Waals surface area contributed by atoms with Crippen molar-refractivity contribution in [2.75, 3.05) is 18.4 Å². The Labute approximate surface area is 105 Å². The number of nitrogens with zero attached hydrogens (tertiary/aromatic N) is 2. The number of nitro groups is 1. The molecule has 0 atom stereocenters. The van der Waals surface area contributed by atoms with Crippen LogP contribution in [0, 0.1) is 21.4 Å². The standard InChI is InChI=1S/C12H14N4O2/c13-8-9-7-11(1-2-12(9)16(17)18)15-10-3-5-14-6-4-10/h1-2,7,10,14-15H,3-6H2. The van der Waals surface area contributed by atoms with E-state index in [1.165, 1.54) is 6.07 Å². The number of nitriles is 1. The SMILES string of the molecule is N#Cc1cc(NC2CCNCC2)ccc1[N+](=O)[O-]. The van der Waals surface area contributed by atoms with E-state index in [-0.39, 0.29) is 11.3 Å². The molecule has 1 aromatic rings. The molecule has 2 N–H and O–H groups in total. The topological polar surface area (TPSA) is 91.0 Å². The third kappa shape index (κ3) is 2.76. The molecule has 18 heavy (non-hydrogen) atoms. The lowest BCUT2D eigenvalue weighted by molar-refractivity contribution is -0.385. The number of hydrogen-bond donors (Lipinski definition) is 2. The van der Waals surface area contributed by atoms with Crippen molar-refractivity contribution in [3.8, 4) is 6.07 Å². The highest BCUT2D eigenvalue weighted by Gasteiger charge is 2.16. The van der Waals surface area contributed by atoms with Gasteiger partial charge in [-0.1, -0.05) is 0 Å². The van der Waals surface area contributed by atoms with Crippen molar-refractivity contribution in [3.05, 3.63) is 33.9 Å². The van der Waals surface area contributed by atoms with Crippen LogP contribution in [0.25, 0.3) is 0 Å². The molecule has 0 aromatic heterocycles. The minimum Gasteiger partial charge on any atom is -0.382 e. The number of hydrogen-bond acceptors (Lipinski definition) is 5. The Bertz CT molecular complexity index is 489. The summed E-state index contributed by atoms with van der Waals surface area (Å²) in [6.45, 7) is 1.94. The summed E-state index contributed by atoms with van der Waals surface area (Å²) in [7, 11) is 0. The van der Waals surface area contributed by atoms with Gasteiger partial charge in [0, 0.05) is 17.8 Å². The number of nitrogens with one attached hydrogen (secondary N) is 2. The summed E-state index contributed by atoms with van der Waals surface area (Å²) >= 11 is 0. The van der Waals surface area contributed by atoms with Crippen LogP contribution in [0.15, 0.2) is 18.2 Å². The molecule has 0 amide bonds. The quantitative estimate of drug-likeness (QED) is 0.624. The van der Waals surface area contributed by atoms with Gasteiger partial charge in [-0.2, -0.15) is 5.26 Å². The highest BCUT2D eigenvalue weighted by atomic mass is 16.6. The molecular weight excluding hydrogens is 232 g/mol. The summed E-state index contributed by atoms with van der Waals surface area (Å²) in [6.07, 6.45) is 2.03. The first-order chi connectivity index (χ1) is 8.70. The Kier molecular flexibility index (Phi) is 3.75. The van der Waals surface area contributed by atoms with Crippen LogP contribution in [0.5, 0.6) is 0 Å². The van der Waals surface area contributed by atoms with E-state index in [4.69, 9.17) is 5.26 Å². The Morgan fingerprint density at radius 2 is 2.17 bits per heavy atom. The predicted octanol–water partition coefficient (Wildman–Crippen LogP) is 1.63. The third-order valence-electron chi connectivity index (χ3n) is 3.02. The van der Waals surface area contributed by atoms with E-state index in [0.717, 1.165) is 31.6 Å². The van der Waals surface area contributed by atoms with Crippen molar-refractivity contribution in [3.63, 3.8) is 0 Å². The van der Waals surface area contributed by atoms with Crippen LogP contribution in [0.4, 0.5) is 11.4 Å². The third-order valence-corrected chi connectivity index (χ3v) is 3.02. The average molecular weight is 246 g/mol. The highest BCUT2D eigenvalue weighted by Crippen LogP contribution is 2.23. The molecule has 2 rings (SSSR count). The molecule has 6 heteroatoms. The van der Waals surface area contributed by atoms with E-state index >= 15 is 0 Å². The van der Waals surface area contributed by atoms with Gasteiger partial charge in [-0.25, -0.2) is 0 Å². The first-order valence-corrected chi connectivity index (χ1v) is 5.86. The molecule has 1 heterocycles. The largest absolute Gasteiger partial charge is 0.382 e. The smallest absolute Gasteiger partial charge is 0.287 e. The van der Waals surface area contributed by atoms with Gasteiger partial charge in [-0.15, -0.1) is 0 Å². The van der Waals surface area contributed by atoms with E-state index in [1.54, 1.807) is 12.1 Å². The molecule has 6 nitrogen and oxygen atoms in total. The molecule has 0 aliphatic carbocycles. The summed E-state index contributed by atoms with van der Waals surface area (Å²) in [4.78, 5) is 10.2. The Morgan fingerprint density at radius 3 is 2.78 bits per heavy atom. The van der Waals surface area contributed by atoms with Gasteiger partial charge in [-0.3, -0.25) is 10.1 Å². The maximum absolute atomic E-state index is 10.7. The molecular formula is C12H14N4O2. The van der Waals surface area contributed by atoms with Gasteiger partial charge in [0.1, 0.15) is 11.6 Å². The van der Waals surface area contributed by atoms with Crippen molar-refractivity contribution in [1.29, 1.82) is 5.26 Å². The van der Waals surface area contributed by atoms with E-state index in [9.17, 15) is 10.1 Å². The minimum absolute atomic E-state index is 0.0962. The maximum Gasteiger partial charge on any atom is 0.287 e. The van der Waals surface area contributed by atoms with Crippen LogP contribution >= 0.6 is 0 Å². The second-order valence-electron chi connectivity index (χ2n) is 4.27. The summed E-state index contributed by atoms with van der Waals surface area (Å²) < 4.78 is 0. The lowest BCUT2D eigenvalue weighted by atomic mass is 10.1. The molecule has 1 fully saturated rings. The number of anilines is 1. The lowest BCUT2D eigenvalue weighted by Crippen LogP contribution is -2.35. The summed E-state index contributed by atoms with van der Waals surface area (Å²) in [5.41, 5.74) is 0.719. The van der Waals surface area contributed by atoms with E-state index in [2.05, 4.69) is 10.6 Å². The maximum atomic E-state index is 10.7.